The highest BCUT2D eigenvalue weighted by Gasteiger charge is 2.20. The van der Waals surface area contributed by atoms with E-state index in [-0.39, 0.29) is 29.5 Å². The Morgan fingerprint density at radius 2 is 2.03 bits per heavy atom. The van der Waals surface area contributed by atoms with Crippen molar-refractivity contribution in [2.24, 2.45) is 0 Å². The van der Waals surface area contributed by atoms with E-state index in [1.807, 2.05) is 6.92 Å². The third-order valence-electron chi connectivity index (χ3n) is 3.84. The minimum Gasteiger partial charge on any atom is -0.349 e. The molecule has 3 aromatic rings. The van der Waals surface area contributed by atoms with Crippen molar-refractivity contribution in [3.05, 3.63) is 46.9 Å². The predicted octanol–water partition coefficient (Wildman–Crippen LogP) is 2.47. The fourth-order valence-corrected chi connectivity index (χ4v) is 2.56. The molecule has 3 N–H and O–H groups in total. The van der Waals surface area contributed by atoms with Gasteiger partial charge in [0.15, 0.2) is 5.82 Å². The molecule has 3 rings (SSSR count). The van der Waals surface area contributed by atoms with E-state index in [2.05, 4.69) is 40.8 Å². The lowest BCUT2D eigenvalue weighted by Gasteiger charge is -2.20. The van der Waals surface area contributed by atoms with Gasteiger partial charge in [-0.05, 0) is 30.7 Å². The van der Waals surface area contributed by atoms with Gasteiger partial charge in [-0.1, -0.05) is 0 Å². The van der Waals surface area contributed by atoms with Crippen LogP contribution in [0.3, 0.4) is 0 Å². The Balaban J connectivity index is 1.85. The van der Waals surface area contributed by atoms with Crippen LogP contribution >= 0.6 is 11.6 Å². The van der Waals surface area contributed by atoms with Crippen molar-refractivity contribution >= 4 is 35.2 Å². The number of aromatic amines is 1. The monoisotopic (exact) mass is 419 g/mol. The van der Waals surface area contributed by atoms with Gasteiger partial charge in [-0.25, -0.2) is 4.39 Å². The van der Waals surface area contributed by atoms with E-state index >= 15 is 0 Å². The van der Waals surface area contributed by atoms with Gasteiger partial charge < -0.3 is 15.5 Å². The number of amides is 1. The van der Waals surface area contributed by atoms with E-state index in [0.29, 0.717) is 11.5 Å². The molecule has 10 nitrogen and oxygen atoms in total. The fraction of sp³-hybridized carbons (Fsp3) is 0.294. The lowest BCUT2D eigenvalue weighted by Crippen LogP contribution is -2.27. The first-order valence-electron chi connectivity index (χ1n) is 8.59. The quantitative estimate of drug-likeness (QED) is 0.533. The number of nitrogens with zero attached hydrogens (tertiary/aromatic N) is 6. The lowest BCUT2D eigenvalue weighted by molar-refractivity contribution is -0.128. The maximum atomic E-state index is 13.3. The molecule has 1 atom stereocenters. The molecule has 3 aromatic heterocycles. The molecule has 1 amide bonds. The molecule has 1 unspecified atom stereocenters. The van der Waals surface area contributed by atoms with E-state index in [1.165, 1.54) is 17.0 Å². The van der Waals surface area contributed by atoms with E-state index in [4.69, 9.17) is 11.6 Å². The number of H-pyrrole nitrogens is 1. The van der Waals surface area contributed by atoms with Crippen LogP contribution in [0.2, 0.25) is 5.28 Å². The van der Waals surface area contributed by atoms with Crippen molar-refractivity contribution in [2.45, 2.75) is 19.4 Å². The van der Waals surface area contributed by atoms with Gasteiger partial charge in [0.1, 0.15) is 5.82 Å². The molecule has 0 saturated heterocycles. The summed E-state index contributed by atoms with van der Waals surface area (Å²) < 4.78 is 13.3. The Morgan fingerprint density at radius 1 is 1.28 bits per heavy atom. The van der Waals surface area contributed by atoms with Gasteiger partial charge in [0.2, 0.25) is 23.1 Å². The third-order valence-corrected chi connectivity index (χ3v) is 4.01. The molecule has 0 aliphatic heterocycles. The highest BCUT2D eigenvalue weighted by atomic mass is 35.5. The average Bonchev–Trinajstić information content (AvgIpc) is 3.06. The Morgan fingerprint density at radius 3 is 2.66 bits per heavy atom. The number of carbonyl (C=O) groups excluding carboxylic acids is 1. The minimum absolute atomic E-state index is 0.0518. The molecule has 0 aromatic carbocycles. The molecular weight excluding hydrogens is 401 g/mol. The van der Waals surface area contributed by atoms with Crippen LogP contribution < -0.4 is 10.6 Å². The lowest BCUT2D eigenvalue weighted by atomic mass is 10.1. The van der Waals surface area contributed by atoms with Crippen LogP contribution in [0.15, 0.2) is 24.4 Å². The molecule has 0 aliphatic carbocycles. The van der Waals surface area contributed by atoms with Crippen molar-refractivity contribution in [2.75, 3.05) is 24.7 Å². The van der Waals surface area contributed by atoms with Crippen LogP contribution in [0.5, 0.6) is 0 Å². The van der Waals surface area contributed by atoms with Crippen LogP contribution in [-0.2, 0) is 4.79 Å². The van der Waals surface area contributed by atoms with Gasteiger partial charge in [-0.2, -0.15) is 20.1 Å². The van der Waals surface area contributed by atoms with Gasteiger partial charge in [0, 0.05) is 25.9 Å². The summed E-state index contributed by atoms with van der Waals surface area (Å²) in [5, 5.41) is 12.7. The van der Waals surface area contributed by atoms with E-state index < -0.39 is 11.9 Å². The SMILES string of the molecule is Cc1cc(Nc2nc(Cl)nc(NC(CC(=O)N(C)C)c3ccc(F)cn3)n2)n[nH]1. The zero-order valence-electron chi connectivity index (χ0n) is 15.9. The number of aryl methyl sites for hydroxylation is 1. The molecule has 0 saturated carbocycles. The summed E-state index contributed by atoms with van der Waals surface area (Å²) >= 11 is 6.02. The van der Waals surface area contributed by atoms with Crippen LogP contribution in [-0.4, -0.2) is 55.0 Å². The van der Waals surface area contributed by atoms with Gasteiger partial charge in [0.25, 0.3) is 0 Å². The summed E-state index contributed by atoms with van der Waals surface area (Å²) in [6, 6.07) is 3.92. The topological polar surface area (TPSA) is 125 Å². The summed E-state index contributed by atoms with van der Waals surface area (Å²) in [7, 11) is 3.29. The summed E-state index contributed by atoms with van der Waals surface area (Å²) in [5.74, 6) is 0.177. The van der Waals surface area contributed by atoms with Crippen LogP contribution in [0, 0.1) is 12.7 Å². The van der Waals surface area contributed by atoms with Crippen molar-refractivity contribution in [1.82, 2.24) is 35.0 Å². The summed E-state index contributed by atoms with van der Waals surface area (Å²) in [6.07, 6.45) is 1.13. The van der Waals surface area contributed by atoms with Gasteiger partial charge >= 0.3 is 0 Å². The average molecular weight is 420 g/mol. The Bertz CT molecular complexity index is 993. The number of aromatic nitrogens is 6. The normalized spacial score (nSPS) is 11.8. The molecule has 29 heavy (non-hydrogen) atoms. The van der Waals surface area contributed by atoms with Crippen molar-refractivity contribution in [3.63, 3.8) is 0 Å². The molecule has 0 aliphatic rings. The number of nitrogens with one attached hydrogen (secondary N) is 3. The van der Waals surface area contributed by atoms with Gasteiger partial charge in [-0.15, -0.1) is 0 Å². The number of rotatable bonds is 7. The largest absolute Gasteiger partial charge is 0.349 e. The Kier molecular flexibility index (Phi) is 6.17. The first-order chi connectivity index (χ1) is 13.8. The summed E-state index contributed by atoms with van der Waals surface area (Å²) in [4.78, 5) is 30.1. The Hall–Kier alpha value is -3.34. The van der Waals surface area contributed by atoms with E-state index in [0.717, 1.165) is 11.9 Å². The third kappa shape index (κ3) is 5.57. The molecule has 3 heterocycles. The smallest absolute Gasteiger partial charge is 0.234 e. The van der Waals surface area contributed by atoms with E-state index in [1.54, 1.807) is 20.2 Å². The number of anilines is 3. The molecular formula is C17H19ClFN9O. The molecule has 0 radical (unpaired) electrons. The first-order valence-corrected chi connectivity index (χ1v) is 8.96. The van der Waals surface area contributed by atoms with Crippen LogP contribution in [0.4, 0.5) is 22.1 Å². The minimum atomic E-state index is -0.607. The second-order valence-electron chi connectivity index (χ2n) is 6.40. The zero-order chi connectivity index (χ0) is 21.0. The van der Waals surface area contributed by atoms with Gasteiger partial charge in [-0.3, -0.25) is 14.9 Å². The highest BCUT2D eigenvalue weighted by Crippen LogP contribution is 2.22. The summed E-state index contributed by atoms with van der Waals surface area (Å²) in [6.45, 7) is 1.85. The molecule has 0 fully saturated rings. The molecule has 0 spiro atoms. The summed E-state index contributed by atoms with van der Waals surface area (Å²) in [5.41, 5.74) is 1.31. The predicted molar refractivity (Wildman–Crippen MR) is 105 cm³/mol. The second-order valence-corrected chi connectivity index (χ2v) is 6.74. The molecule has 12 heteroatoms. The maximum absolute atomic E-state index is 13.3. The van der Waals surface area contributed by atoms with E-state index in [9.17, 15) is 9.18 Å². The second kappa shape index (κ2) is 8.78. The number of hydrogen-bond donors (Lipinski definition) is 3. The van der Waals surface area contributed by atoms with Crippen molar-refractivity contribution < 1.29 is 9.18 Å². The molecule has 152 valence electrons. The first kappa shape index (κ1) is 20.4. The van der Waals surface area contributed by atoms with Crippen molar-refractivity contribution in [3.8, 4) is 0 Å². The number of pyridine rings is 1. The number of carbonyl (C=O) groups is 1. The zero-order valence-corrected chi connectivity index (χ0v) is 16.7. The highest BCUT2D eigenvalue weighted by molar-refractivity contribution is 6.28. The fourth-order valence-electron chi connectivity index (χ4n) is 2.40. The molecule has 0 bridgehead atoms. The van der Waals surface area contributed by atoms with Gasteiger partial charge in [0.05, 0.1) is 24.4 Å². The van der Waals surface area contributed by atoms with Crippen LogP contribution in [0.1, 0.15) is 23.9 Å². The maximum Gasteiger partial charge on any atom is 0.234 e. The van der Waals surface area contributed by atoms with Crippen LogP contribution in [0.25, 0.3) is 0 Å². The number of halogens is 2. The Labute approximate surface area is 171 Å². The standard InChI is InChI=1S/C17H19ClFN9O/c1-9-6-13(27-26-9)22-17-24-15(18)23-16(25-17)21-12(7-14(29)28(2)3)11-5-4-10(19)8-20-11/h4-6,8,12H,7H2,1-3H3,(H3,21,22,23,24,25,26,27). The van der Waals surface area contributed by atoms with Crippen molar-refractivity contribution in [1.29, 1.82) is 0 Å². The number of hydrogen-bond acceptors (Lipinski definition) is 8.